The molecule has 166 valence electrons. The molecule has 11 heteroatoms. The van der Waals surface area contributed by atoms with Gasteiger partial charge in [0.15, 0.2) is 0 Å². The minimum absolute atomic E-state index is 0.0254. The molecule has 0 unspecified atom stereocenters. The van der Waals surface area contributed by atoms with Crippen LogP contribution in [0, 0.1) is 10.1 Å². The topological polar surface area (TPSA) is 132 Å². The van der Waals surface area contributed by atoms with Crippen molar-refractivity contribution in [1.29, 1.82) is 0 Å². The van der Waals surface area contributed by atoms with Crippen LogP contribution in [0.15, 0.2) is 76.7 Å². The summed E-state index contributed by atoms with van der Waals surface area (Å²) in [5.41, 5.74) is 3.02. The van der Waals surface area contributed by atoms with Gasteiger partial charge in [0.2, 0.25) is 0 Å². The average molecular weight is 456 g/mol. The number of methoxy groups -OCH3 is 2. The van der Waals surface area contributed by atoms with E-state index in [2.05, 4.69) is 15.2 Å². The van der Waals surface area contributed by atoms with Crippen molar-refractivity contribution >= 4 is 33.3 Å². The summed E-state index contributed by atoms with van der Waals surface area (Å²) in [6, 6.07) is 17.0. The molecule has 0 amide bonds. The van der Waals surface area contributed by atoms with Gasteiger partial charge < -0.3 is 9.47 Å². The predicted octanol–water partition coefficient (Wildman–Crippen LogP) is 3.86. The number of sulfonamides is 1. The third-order valence-corrected chi connectivity index (χ3v) is 5.72. The number of ether oxygens (including phenoxy) is 2. The lowest BCUT2D eigenvalue weighted by molar-refractivity contribution is -0.384. The number of nitrogens with zero attached hydrogens (tertiary/aromatic N) is 2. The van der Waals surface area contributed by atoms with Gasteiger partial charge in [-0.1, -0.05) is 24.3 Å². The zero-order valence-corrected chi connectivity index (χ0v) is 18.0. The first-order valence-corrected chi connectivity index (χ1v) is 10.7. The molecule has 0 atom stereocenters. The van der Waals surface area contributed by atoms with Gasteiger partial charge in [-0.05, 0) is 36.4 Å². The highest BCUT2D eigenvalue weighted by Gasteiger charge is 2.22. The molecule has 0 radical (unpaired) electrons. The van der Waals surface area contributed by atoms with Crippen molar-refractivity contribution in [2.75, 3.05) is 24.4 Å². The Balaban J connectivity index is 1.87. The zero-order chi connectivity index (χ0) is 23.1. The Kier molecular flexibility index (Phi) is 6.90. The Morgan fingerprint density at radius 1 is 0.938 bits per heavy atom. The van der Waals surface area contributed by atoms with Gasteiger partial charge in [0, 0.05) is 11.6 Å². The van der Waals surface area contributed by atoms with E-state index < -0.39 is 20.6 Å². The highest BCUT2D eigenvalue weighted by atomic mass is 32.2. The monoisotopic (exact) mass is 456 g/mol. The van der Waals surface area contributed by atoms with Gasteiger partial charge in [-0.2, -0.15) is 5.10 Å². The van der Waals surface area contributed by atoms with E-state index in [1.54, 1.807) is 42.5 Å². The third-order valence-electron chi connectivity index (χ3n) is 4.36. The molecule has 32 heavy (non-hydrogen) atoms. The number of hydrazone groups is 1. The maximum atomic E-state index is 12.8. The molecule has 0 bridgehead atoms. The van der Waals surface area contributed by atoms with E-state index in [9.17, 15) is 18.5 Å². The predicted molar refractivity (Wildman–Crippen MR) is 121 cm³/mol. The number of benzene rings is 3. The molecule has 0 aliphatic carbocycles. The molecule has 0 aliphatic heterocycles. The molecule has 0 aliphatic rings. The molecule has 3 aromatic carbocycles. The van der Waals surface area contributed by atoms with Crippen LogP contribution in [-0.2, 0) is 10.0 Å². The molecular formula is C21H20N4O6S. The van der Waals surface area contributed by atoms with Crippen LogP contribution in [0.4, 0.5) is 17.1 Å². The van der Waals surface area contributed by atoms with Gasteiger partial charge in [-0.15, -0.1) is 0 Å². The van der Waals surface area contributed by atoms with Crippen LogP contribution in [0.3, 0.4) is 0 Å². The second-order valence-corrected chi connectivity index (χ2v) is 8.04. The SMILES string of the molecule is COc1ccccc1/C=N\Nc1ccc(S(=O)(=O)Nc2ccccc2OC)cc1[N+](=O)[O-]. The van der Waals surface area contributed by atoms with Crippen molar-refractivity contribution in [3.8, 4) is 11.5 Å². The summed E-state index contributed by atoms with van der Waals surface area (Å²) in [5.74, 6) is 0.894. The smallest absolute Gasteiger partial charge is 0.295 e. The van der Waals surface area contributed by atoms with Crippen molar-refractivity contribution in [2.45, 2.75) is 4.90 Å². The lowest BCUT2D eigenvalue weighted by Gasteiger charge is -2.12. The lowest BCUT2D eigenvalue weighted by Crippen LogP contribution is -2.14. The Morgan fingerprint density at radius 2 is 1.59 bits per heavy atom. The zero-order valence-electron chi connectivity index (χ0n) is 17.2. The fraction of sp³-hybridized carbons (Fsp3) is 0.0952. The first kappa shape index (κ1) is 22.6. The summed E-state index contributed by atoms with van der Waals surface area (Å²) < 4.78 is 38.3. The van der Waals surface area contributed by atoms with Crippen LogP contribution in [0.5, 0.6) is 11.5 Å². The number of hydrogen-bond acceptors (Lipinski definition) is 8. The molecule has 10 nitrogen and oxygen atoms in total. The number of anilines is 2. The van der Waals surface area contributed by atoms with Gasteiger partial charge in [0.1, 0.15) is 17.2 Å². The van der Waals surface area contributed by atoms with E-state index in [-0.39, 0.29) is 16.3 Å². The molecule has 2 N–H and O–H groups in total. The maximum absolute atomic E-state index is 12.8. The molecular weight excluding hydrogens is 436 g/mol. The van der Waals surface area contributed by atoms with Crippen molar-refractivity contribution in [3.63, 3.8) is 0 Å². The van der Waals surface area contributed by atoms with E-state index in [1.807, 2.05) is 0 Å². The number of rotatable bonds is 9. The molecule has 0 spiro atoms. The third kappa shape index (κ3) is 5.13. The van der Waals surface area contributed by atoms with Crippen LogP contribution in [0.25, 0.3) is 0 Å². The number of para-hydroxylation sites is 3. The minimum Gasteiger partial charge on any atom is -0.496 e. The van der Waals surface area contributed by atoms with Gasteiger partial charge >= 0.3 is 0 Å². The molecule has 0 saturated heterocycles. The molecule has 0 fully saturated rings. The Hall–Kier alpha value is -4.12. The molecule has 0 saturated carbocycles. The largest absolute Gasteiger partial charge is 0.496 e. The van der Waals surface area contributed by atoms with Crippen molar-refractivity contribution in [3.05, 3.63) is 82.4 Å². The van der Waals surface area contributed by atoms with Crippen molar-refractivity contribution in [2.24, 2.45) is 5.10 Å². The highest BCUT2D eigenvalue weighted by molar-refractivity contribution is 7.92. The number of nitro benzene ring substituents is 1. The van der Waals surface area contributed by atoms with Gasteiger partial charge in [-0.3, -0.25) is 20.3 Å². The summed E-state index contributed by atoms with van der Waals surface area (Å²) in [7, 11) is -1.18. The summed E-state index contributed by atoms with van der Waals surface area (Å²) in [5, 5.41) is 15.6. The Labute approximate surface area is 184 Å². The normalized spacial score (nSPS) is 11.2. The van der Waals surface area contributed by atoms with E-state index in [0.29, 0.717) is 17.1 Å². The van der Waals surface area contributed by atoms with Crippen molar-refractivity contribution < 1.29 is 22.8 Å². The summed E-state index contributed by atoms with van der Waals surface area (Å²) in [6.07, 6.45) is 1.44. The second kappa shape index (κ2) is 9.79. The standard InChI is InChI=1S/C21H20N4O6S/c1-30-20-9-5-3-7-15(20)14-22-23-17-12-11-16(13-19(17)25(26)27)32(28,29)24-18-8-4-6-10-21(18)31-2/h3-14,23-24H,1-2H3/b22-14-. The van der Waals surface area contributed by atoms with E-state index in [0.717, 1.165) is 6.07 Å². The van der Waals surface area contributed by atoms with E-state index in [4.69, 9.17) is 9.47 Å². The number of nitrogens with one attached hydrogen (secondary N) is 2. The van der Waals surface area contributed by atoms with E-state index >= 15 is 0 Å². The van der Waals surface area contributed by atoms with Gasteiger partial charge in [-0.25, -0.2) is 8.42 Å². The van der Waals surface area contributed by atoms with Crippen LogP contribution in [-0.4, -0.2) is 33.8 Å². The summed E-state index contributed by atoms with van der Waals surface area (Å²) in [4.78, 5) is 10.6. The molecule has 3 rings (SSSR count). The Morgan fingerprint density at radius 3 is 2.28 bits per heavy atom. The summed E-state index contributed by atoms with van der Waals surface area (Å²) >= 11 is 0. The fourth-order valence-corrected chi connectivity index (χ4v) is 3.89. The fourth-order valence-electron chi connectivity index (χ4n) is 2.80. The quantitative estimate of drug-likeness (QED) is 0.284. The van der Waals surface area contributed by atoms with Gasteiger partial charge in [0.05, 0.1) is 35.9 Å². The number of hydrogen-bond donors (Lipinski definition) is 2. The molecule has 0 aromatic heterocycles. The summed E-state index contributed by atoms with van der Waals surface area (Å²) in [6.45, 7) is 0. The molecule has 0 heterocycles. The van der Waals surface area contributed by atoms with Crippen LogP contribution >= 0.6 is 0 Å². The Bertz CT molecular complexity index is 1260. The lowest BCUT2D eigenvalue weighted by atomic mass is 10.2. The van der Waals surface area contributed by atoms with Gasteiger partial charge in [0.25, 0.3) is 15.7 Å². The van der Waals surface area contributed by atoms with Crippen molar-refractivity contribution in [1.82, 2.24) is 0 Å². The maximum Gasteiger partial charge on any atom is 0.295 e. The van der Waals surface area contributed by atoms with Crippen LogP contribution in [0.2, 0.25) is 0 Å². The van der Waals surface area contributed by atoms with E-state index in [1.165, 1.54) is 38.6 Å². The first-order chi connectivity index (χ1) is 15.4. The first-order valence-electron chi connectivity index (χ1n) is 9.22. The molecule has 3 aromatic rings. The second-order valence-electron chi connectivity index (χ2n) is 6.35. The minimum atomic E-state index is -4.11. The highest BCUT2D eigenvalue weighted by Crippen LogP contribution is 2.30. The average Bonchev–Trinajstić information content (AvgIpc) is 2.79. The van der Waals surface area contributed by atoms with Crippen LogP contribution in [0.1, 0.15) is 5.56 Å². The number of nitro groups is 1. The van der Waals surface area contributed by atoms with Crippen LogP contribution < -0.4 is 19.6 Å².